The summed E-state index contributed by atoms with van der Waals surface area (Å²) < 4.78 is 0. The summed E-state index contributed by atoms with van der Waals surface area (Å²) in [6.07, 6.45) is 4.50. The van der Waals surface area contributed by atoms with Crippen LogP contribution in [0, 0.1) is 0 Å². The molecule has 0 spiro atoms. The molecule has 0 aromatic heterocycles. The van der Waals surface area contributed by atoms with E-state index < -0.39 is 0 Å². The summed E-state index contributed by atoms with van der Waals surface area (Å²) in [4.78, 5) is 0. The van der Waals surface area contributed by atoms with Crippen LogP contribution in [0.25, 0.3) is 6.08 Å². The van der Waals surface area contributed by atoms with Crippen LogP contribution in [-0.2, 0) is 0 Å². The van der Waals surface area contributed by atoms with Crippen molar-refractivity contribution in [2.75, 3.05) is 0 Å². The van der Waals surface area contributed by atoms with Crippen molar-refractivity contribution in [3.8, 4) is 0 Å². The highest BCUT2D eigenvalue weighted by molar-refractivity contribution is 6.55. The van der Waals surface area contributed by atoms with E-state index in [9.17, 15) is 0 Å². The minimum atomic E-state index is 0.595. The Kier molecular flexibility index (Phi) is 4.34. The fourth-order valence-electron chi connectivity index (χ4n) is 1.66. The van der Waals surface area contributed by atoms with Gasteiger partial charge in [0.15, 0.2) is 0 Å². The topological polar surface area (TPSA) is 0 Å². The van der Waals surface area contributed by atoms with Gasteiger partial charge in [-0.3, -0.25) is 0 Å². The third-order valence-corrected chi connectivity index (χ3v) is 3.86. The Hall–Kier alpha value is -1.60. The van der Waals surface area contributed by atoms with Crippen LogP contribution < -0.4 is 5.19 Å². The molecule has 0 aliphatic carbocycles. The fraction of sp³-hybridized carbons (Fsp3) is 0.125. The van der Waals surface area contributed by atoms with E-state index in [-0.39, 0.29) is 0 Å². The van der Waals surface area contributed by atoms with Crippen molar-refractivity contribution in [3.05, 3.63) is 72.3 Å². The van der Waals surface area contributed by atoms with E-state index in [4.69, 9.17) is 0 Å². The Morgan fingerprint density at radius 1 is 0.882 bits per heavy atom. The van der Waals surface area contributed by atoms with Crippen LogP contribution in [0.4, 0.5) is 0 Å². The molecule has 0 saturated heterocycles. The van der Waals surface area contributed by atoms with Crippen LogP contribution in [0.2, 0.25) is 5.54 Å². The molecule has 17 heavy (non-hydrogen) atoms. The second-order valence-corrected chi connectivity index (χ2v) is 5.85. The summed E-state index contributed by atoms with van der Waals surface area (Å²) in [6.45, 7) is 2.27. The number of allylic oxidation sites excluding steroid dienone is 1. The first-order valence-electron chi connectivity index (χ1n) is 5.89. The van der Waals surface area contributed by atoms with Crippen LogP contribution in [0.15, 0.2) is 66.7 Å². The first kappa shape index (κ1) is 11.9. The molecule has 1 heteroatoms. The molecule has 0 N–H and O–H groups in total. The zero-order chi connectivity index (χ0) is 11.9. The van der Waals surface area contributed by atoms with E-state index in [1.54, 1.807) is 0 Å². The van der Waals surface area contributed by atoms with Gasteiger partial charge in [0, 0.05) is 0 Å². The summed E-state index contributed by atoms with van der Waals surface area (Å²) in [5.41, 5.74) is 1.87. The van der Waals surface area contributed by atoms with Crippen LogP contribution >= 0.6 is 0 Å². The Balaban J connectivity index is 1.94. The van der Waals surface area contributed by atoms with E-state index in [2.05, 4.69) is 73.7 Å². The third kappa shape index (κ3) is 4.04. The number of hydrogen-bond donors (Lipinski definition) is 0. The normalized spacial score (nSPS) is 12.8. The molecule has 84 valence electrons. The quantitative estimate of drug-likeness (QED) is 0.712. The fourth-order valence-corrected chi connectivity index (χ4v) is 2.77. The first-order valence-corrected chi connectivity index (χ1v) is 6.97. The van der Waals surface area contributed by atoms with Gasteiger partial charge in [0.05, 0.1) is 9.52 Å². The maximum atomic E-state index is 2.29. The lowest BCUT2D eigenvalue weighted by molar-refractivity contribution is 1.20. The van der Waals surface area contributed by atoms with Gasteiger partial charge in [-0.05, 0) is 11.1 Å². The Morgan fingerprint density at radius 2 is 1.47 bits per heavy atom. The van der Waals surface area contributed by atoms with Crippen LogP contribution in [-0.4, -0.2) is 9.52 Å². The van der Waals surface area contributed by atoms with Gasteiger partial charge in [0.25, 0.3) is 0 Å². The lowest BCUT2D eigenvalue weighted by Gasteiger charge is -2.04. The van der Waals surface area contributed by atoms with E-state index in [0.717, 1.165) is 9.52 Å². The Bertz CT molecular complexity index is 459. The van der Waals surface area contributed by atoms with Gasteiger partial charge in [-0.1, -0.05) is 84.9 Å². The predicted molar refractivity (Wildman–Crippen MR) is 76.7 cm³/mol. The number of rotatable bonds is 4. The summed E-state index contributed by atoms with van der Waals surface area (Å²) in [7, 11) is 0.843. The summed E-state index contributed by atoms with van der Waals surface area (Å²) in [5, 5.41) is 1.43. The second kappa shape index (κ2) is 6.21. The van der Waals surface area contributed by atoms with Gasteiger partial charge in [0.1, 0.15) is 0 Å². The molecule has 0 nitrogen and oxygen atoms in total. The molecule has 0 aliphatic heterocycles. The molecule has 0 amide bonds. The standard InChI is InChI=1S/C16H16Si/c1-14(17-16-10-6-3-7-11-16)12-13-15-8-4-2-5-9-15/h2-14H,1H3/b13-12+. The number of hydrogen-bond acceptors (Lipinski definition) is 0. The van der Waals surface area contributed by atoms with Gasteiger partial charge < -0.3 is 0 Å². The van der Waals surface area contributed by atoms with Gasteiger partial charge in [0.2, 0.25) is 0 Å². The molecule has 0 heterocycles. The summed E-state index contributed by atoms with van der Waals surface area (Å²) in [6, 6.07) is 21.1. The van der Waals surface area contributed by atoms with E-state index in [1.165, 1.54) is 10.8 Å². The van der Waals surface area contributed by atoms with Crippen molar-refractivity contribution >= 4 is 20.8 Å². The molecular formula is C16H16Si. The average Bonchev–Trinajstić information content (AvgIpc) is 2.39. The SMILES string of the molecule is CC(/C=C/c1ccccc1)[Si]c1ccccc1. The maximum absolute atomic E-state index is 2.29. The second-order valence-electron chi connectivity index (χ2n) is 4.07. The minimum Gasteiger partial charge on any atom is -0.0838 e. The van der Waals surface area contributed by atoms with Crippen molar-refractivity contribution in [3.63, 3.8) is 0 Å². The van der Waals surface area contributed by atoms with Crippen molar-refractivity contribution < 1.29 is 0 Å². The molecule has 2 aromatic carbocycles. The van der Waals surface area contributed by atoms with E-state index in [1.807, 2.05) is 6.07 Å². The highest BCUT2D eigenvalue weighted by Gasteiger charge is 2.00. The molecular weight excluding hydrogens is 220 g/mol. The van der Waals surface area contributed by atoms with E-state index in [0.29, 0.717) is 5.54 Å². The molecule has 0 aliphatic rings. The average molecular weight is 236 g/mol. The molecule has 2 rings (SSSR count). The molecule has 1 atom stereocenters. The van der Waals surface area contributed by atoms with Crippen LogP contribution in [0.3, 0.4) is 0 Å². The maximum Gasteiger partial charge on any atom is 0.0881 e. The van der Waals surface area contributed by atoms with Crippen molar-refractivity contribution in [2.45, 2.75) is 12.5 Å². The van der Waals surface area contributed by atoms with Crippen molar-refractivity contribution in [2.24, 2.45) is 0 Å². The van der Waals surface area contributed by atoms with E-state index >= 15 is 0 Å². The molecule has 2 aromatic rings. The molecule has 0 fully saturated rings. The monoisotopic (exact) mass is 236 g/mol. The Morgan fingerprint density at radius 3 is 2.12 bits per heavy atom. The largest absolute Gasteiger partial charge is 0.0881 e. The summed E-state index contributed by atoms with van der Waals surface area (Å²) in [5.74, 6) is 0. The zero-order valence-corrected chi connectivity index (χ0v) is 11.0. The first-order chi connectivity index (χ1) is 8.34. The minimum absolute atomic E-state index is 0.595. The molecule has 1 unspecified atom stereocenters. The van der Waals surface area contributed by atoms with Gasteiger partial charge >= 0.3 is 0 Å². The predicted octanol–water partition coefficient (Wildman–Crippen LogP) is 3.54. The molecule has 0 saturated carbocycles. The van der Waals surface area contributed by atoms with Crippen molar-refractivity contribution in [1.82, 2.24) is 0 Å². The van der Waals surface area contributed by atoms with Gasteiger partial charge in [-0.25, -0.2) is 0 Å². The van der Waals surface area contributed by atoms with Crippen LogP contribution in [0.5, 0.6) is 0 Å². The lowest BCUT2D eigenvalue weighted by atomic mass is 10.2. The third-order valence-electron chi connectivity index (χ3n) is 2.55. The molecule has 0 bridgehead atoms. The lowest BCUT2D eigenvalue weighted by Crippen LogP contribution is -2.16. The highest BCUT2D eigenvalue weighted by Crippen LogP contribution is 2.08. The summed E-state index contributed by atoms with van der Waals surface area (Å²) >= 11 is 0. The number of benzene rings is 2. The Labute approximate surface area is 106 Å². The highest BCUT2D eigenvalue weighted by atomic mass is 28.2. The zero-order valence-electron chi connectivity index (χ0n) is 10.0. The van der Waals surface area contributed by atoms with Crippen molar-refractivity contribution in [1.29, 1.82) is 0 Å². The molecule has 2 radical (unpaired) electrons. The smallest absolute Gasteiger partial charge is 0.0838 e. The van der Waals surface area contributed by atoms with Crippen LogP contribution in [0.1, 0.15) is 12.5 Å². The van der Waals surface area contributed by atoms with Gasteiger partial charge in [-0.2, -0.15) is 0 Å². The van der Waals surface area contributed by atoms with Gasteiger partial charge in [-0.15, -0.1) is 0 Å².